The van der Waals surface area contributed by atoms with Crippen LogP contribution in [0.25, 0.3) is 0 Å². The zero-order valence-corrected chi connectivity index (χ0v) is 10.2. The van der Waals surface area contributed by atoms with Crippen molar-refractivity contribution in [2.75, 3.05) is 0 Å². The maximum absolute atomic E-state index is 6.22. The van der Waals surface area contributed by atoms with Crippen LogP contribution in [0.4, 0.5) is 0 Å². The minimum atomic E-state index is 0.141. The lowest BCUT2D eigenvalue weighted by molar-refractivity contribution is 0.516. The summed E-state index contributed by atoms with van der Waals surface area (Å²) in [6.45, 7) is 5.23. The molecule has 1 heterocycles. The first-order valence-electron chi connectivity index (χ1n) is 5.12. The van der Waals surface area contributed by atoms with Gasteiger partial charge in [-0.1, -0.05) is 6.92 Å². The fourth-order valence-corrected chi connectivity index (χ4v) is 2.57. The molecule has 4 heteroatoms. The fraction of sp³-hybridized carbons (Fsp3) is 0.700. The van der Waals surface area contributed by atoms with Gasteiger partial charge in [-0.25, -0.2) is 0 Å². The predicted octanol–water partition coefficient (Wildman–Crippen LogP) is 2.32. The van der Waals surface area contributed by atoms with E-state index in [1.807, 2.05) is 10.9 Å². The lowest BCUT2D eigenvalue weighted by Crippen LogP contribution is -2.18. The van der Waals surface area contributed by atoms with Crippen LogP contribution in [0.1, 0.15) is 32.0 Å². The van der Waals surface area contributed by atoms with Crippen LogP contribution in [-0.2, 0) is 6.54 Å². The Morgan fingerprint density at radius 2 is 2.43 bits per heavy atom. The molecule has 0 bridgehead atoms. The minimum absolute atomic E-state index is 0.141. The van der Waals surface area contributed by atoms with Crippen LogP contribution in [0, 0.1) is 11.8 Å². The molecule has 0 amide bonds. The molecule has 1 saturated carbocycles. The summed E-state index contributed by atoms with van der Waals surface area (Å²) in [6.07, 6.45) is 3.09. The highest BCUT2D eigenvalue weighted by Crippen LogP contribution is 2.46. The molecule has 78 valence electrons. The molecule has 0 spiro atoms. The second kappa shape index (κ2) is 3.66. The molecule has 1 aliphatic rings. The number of aryl methyl sites for hydroxylation is 1. The Morgan fingerprint density at radius 3 is 2.93 bits per heavy atom. The summed E-state index contributed by atoms with van der Waals surface area (Å²) in [5.74, 6) is 1.42. The Balaban J connectivity index is 2.25. The summed E-state index contributed by atoms with van der Waals surface area (Å²) in [7, 11) is 0. The summed E-state index contributed by atoms with van der Waals surface area (Å²) in [5.41, 5.74) is 7.38. The van der Waals surface area contributed by atoms with Crippen LogP contribution >= 0.6 is 15.9 Å². The van der Waals surface area contributed by atoms with Crippen molar-refractivity contribution >= 4 is 15.9 Å². The van der Waals surface area contributed by atoms with Gasteiger partial charge in [0.05, 0.1) is 22.4 Å². The summed E-state index contributed by atoms with van der Waals surface area (Å²) in [6, 6.07) is 0.141. The van der Waals surface area contributed by atoms with Gasteiger partial charge in [-0.3, -0.25) is 4.68 Å². The van der Waals surface area contributed by atoms with Crippen molar-refractivity contribution < 1.29 is 0 Å². The molecule has 1 aromatic rings. The maximum atomic E-state index is 6.22. The molecule has 1 aliphatic carbocycles. The molecule has 14 heavy (non-hydrogen) atoms. The zero-order valence-electron chi connectivity index (χ0n) is 8.57. The lowest BCUT2D eigenvalue weighted by Gasteiger charge is -2.13. The Kier molecular flexibility index (Phi) is 2.66. The first kappa shape index (κ1) is 10.2. The molecule has 0 radical (unpaired) electrons. The maximum Gasteiger partial charge on any atom is 0.0696 e. The Bertz CT molecular complexity index is 334. The molecule has 3 nitrogen and oxygen atoms in total. The molecular formula is C10H16BrN3. The van der Waals surface area contributed by atoms with E-state index >= 15 is 0 Å². The monoisotopic (exact) mass is 257 g/mol. The van der Waals surface area contributed by atoms with E-state index in [-0.39, 0.29) is 6.04 Å². The smallest absolute Gasteiger partial charge is 0.0696 e. The zero-order chi connectivity index (χ0) is 10.3. The van der Waals surface area contributed by atoms with Crippen LogP contribution in [0.3, 0.4) is 0 Å². The number of nitrogens with zero attached hydrogens (tertiary/aromatic N) is 2. The Morgan fingerprint density at radius 1 is 1.79 bits per heavy atom. The van der Waals surface area contributed by atoms with Gasteiger partial charge in [-0.2, -0.15) is 5.10 Å². The van der Waals surface area contributed by atoms with Crippen molar-refractivity contribution in [1.29, 1.82) is 0 Å². The van der Waals surface area contributed by atoms with E-state index in [9.17, 15) is 0 Å². The van der Waals surface area contributed by atoms with Crippen molar-refractivity contribution in [2.45, 2.75) is 32.9 Å². The largest absolute Gasteiger partial charge is 0.322 e. The number of aromatic nitrogens is 2. The molecule has 0 saturated heterocycles. The van der Waals surface area contributed by atoms with Gasteiger partial charge >= 0.3 is 0 Å². The SMILES string of the molecule is CCn1ncc(Br)c1C(N)C1CC1C. The van der Waals surface area contributed by atoms with Crippen molar-refractivity contribution in [3.63, 3.8) is 0 Å². The first-order valence-corrected chi connectivity index (χ1v) is 5.91. The average molecular weight is 258 g/mol. The Labute approximate surface area is 92.8 Å². The normalized spacial score (nSPS) is 27.7. The van der Waals surface area contributed by atoms with Gasteiger partial charge in [0, 0.05) is 6.54 Å². The molecule has 1 aromatic heterocycles. The lowest BCUT2D eigenvalue weighted by atomic mass is 10.1. The average Bonchev–Trinajstić information content (AvgIpc) is 2.76. The summed E-state index contributed by atoms with van der Waals surface area (Å²) < 4.78 is 3.03. The van der Waals surface area contributed by atoms with Gasteiger partial charge in [0.1, 0.15) is 0 Å². The topological polar surface area (TPSA) is 43.8 Å². The molecule has 0 aromatic carbocycles. The predicted molar refractivity (Wildman–Crippen MR) is 59.8 cm³/mol. The first-order chi connectivity index (χ1) is 6.65. The highest BCUT2D eigenvalue weighted by Gasteiger charge is 2.40. The highest BCUT2D eigenvalue weighted by atomic mass is 79.9. The van der Waals surface area contributed by atoms with Gasteiger partial charge in [0.25, 0.3) is 0 Å². The van der Waals surface area contributed by atoms with Gasteiger partial charge in [-0.05, 0) is 41.1 Å². The number of hydrogen-bond acceptors (Lipinski definition) is 2. The third-order valence-corrected chi connectivity index (χ3v) is 3.69. The van der Waals surface area contributed by atoms with E-state index in [0.29, 0.717) is 5.92 Å². The van der Waals surface area contributed by atoms with Crippen molar-refractivity contribution in [3.8, 4) is 0 Å². The molecule has 0 aliphatic heterocycles. The van der Waals surface area contributed by atoms with Crippen LogP contribution < -0.4 is 5.73 Å². The van der Waals surface area contributed by atoms with Crippen LogP contribution in [0.2, 0.25) is 0 Å². The van der Waals surface area contributed by atoms with Gasteiger partial charge in [0.15, 0.2) is 0 Å². The summed E-state index contributed by atoms with van der Waals surface area (Å²) >= 11 is 3.51. The third kappa shape index (κ3) is 1.61. The van der Waals surface area contributed by atoms with Crippen LogP contribution in [0.5, 0.6) is 0 Å². The standard InChI is InChI=1S/C10H16BrN3/c1-3-14-10(8(11)5-13-14)9(12)7-4-6(7)2/h5-7,9H,3-4,12H2,1-2H3. The molecule has 1 fully saturated rings. The van der Waals surface area contributed by atoms with Crippen LogP contribution in [-0.4, -0.2) is 9.78 Å². The van der Waals surface area contributed by atoms with E-state index in [4.69, 9.17) is 5.73 Å². The summed E-state index contributed by atoms with van der Waals surface area (Å²) in [5, 5.41) is 4.28. The van der Waals surface area contributed by atoms with E-state index < -0.39 is 0 Å². The molecule has 2 N–H and O–H groups in total. The van der Waals surface area contributed by atoms with Gasteiger partial charge in [-0.15, -0.1) is 0 Å². The van der Waals surface area contributed by atoms with E-state index in [1.54, 1.807) is 0 Å². The van der Waals surface area contributed by atoms with Crippen molar-refractivity contribution in [1.82, 2.24) is 9.78 Å². The molecular weight excluding hydrogens is 242 g/mol. The van der Waals surface area contributed by atoms with Crippen LogP contribution in [0.15, 0.2) is 10.7 Å². The molecule has 2 rings (SSSR count). The molecule has 3 atom stereocenters. The molecule has 3 unspecified atom stereocenters. The van der Waals surface area contributed by atoms with Crippen molar-refractivity contribution in [2.24, 2.45) is 17.6 Å². The quantitative estimate of drug-likeness (QED) is 0.904. The van der Waals surface area contributed by atoms with Gasteiger partial charge < -0.3 is 5.73 Å². The second-order valence-corrected chi connectivity index (χ2v) is 4.95. The number of rotatable bonds is 3. The van der Waals surface area contributed by atoms with E-state index in [0.717, 1.165) is 22.6 Å². The van der Waals surface area contributed by atoms with Gasteiger partial charge in [0.2, 0.25) is 0 Å². The summed E-state index contributed by atoms with van der Waals surface area (Å²) in [4.78, 5) is 0. The minimum Gasteiger partial charge on any atom is -0.322 e. The van der Waals surface area contributed by atoms with E-state index in [1.165, 1.54) is 6.42 Å². The third-order valence-electron chi connectivity index (χ3n) is 3.08. The fourth-order valence-electron chi connectivity index (χ4n) is 2.01. The van der Waals surface area contributed by atoms with Crippen molar-refractivity contribution in [3.05, 3.63) is 16.4 Å². The Hall–Kier alpha value is -0.350. The highest BCUT2D eigenvalue weighted by molar-refractivity contribution is 9.10. The second-order valence-electron chi connectivity index (χ2n) is 4.10. The van der Waals surface area contributed by atoms with E-state index in [2.05, 4.69) is 34.9 Å². The number of hydrogen-bond donors (Lipinski definition) is 1. The number of halogens is 1. The number of nitrogens with two attached hydrogens (primary N) is 1.